The Morgan fingerprint density at radius 3 is 2.59 bits per heavy atom. The summed E-state index contributed by atoms with van der Waals surface area (Å²) in [6.07, 6.45) is 0.609. The number of piperazine rings is 1. The minimum absolute atomic E-state index is 0.0776. The standard InChI is InChI=1S/C9H20N4O3S/c1-11-6-7-13(8-9(11)14)17(15,16)12(2)5-3-4-10/h3-8,10H2,1-2H3. The van der Waals surface area contributed by atoms with E-state index < -0.39 is 10.2 Å². The Hall–Kier alpha value is -0.700. The summed E-state index contributed by atoms with van der Waals surface area (Å²) < 4.78 is 26.6. The van der Waals surface area contributed by atoms with Gasteiger partial charge in [-0.2, -0.15) is 17.0 Å². The Bertz CT molecular complexity index is 370. The Morgan fingerprint density at radius 2 is 2.06 bits per heavy atom. The fourth-order valence-corrected chi connectivity index (χ4v) is 2.90. The van der Waals surface area contributed by atoms with Gasteiger partial charge in [0.15, 0.2) is 0 Å². The van der Waals surface area contributed by atoms with E-state index in [0.29, 0.717) is 32.6 Å². The second-order valence-electron chi connectivity index (χ2n) is 4.12. The van der Waals surface area contributed by atoms with Gasteiger partial charge < -0.3 is 10.6 Å². The maximum absolute atomic E-state index is 12.1. The van der Waals surface area contributed by atoms with E-state index in [1.54, 1.807) is 7.05 Å². The number of hydrogen-bond donors (Lipinski definition) is 1. The fraction of sp³-hybridized carbons (Fsp3) is 0.889. The lowest BCUT2D eigenvalue weighted by atomic mass is 10.4. The number of amides is 1. The van der Waals surface area contributed by atoms with Crippen molar-refractivity contribution in [1.82, 2.24) is 13.5 Å². The molecule has 1 rings (SSSR count). The van der Waals surface area contributed by atoms with Crippen LogP contribution in [-0.2, 0) is 15.0 Å². The summed E-state index contributed by atoms with van der Waals surface area (Å²) in [5.41, 5.74) is 5.34. The van der Waals surface area contributed by atoms with Crippen LogP contribution in [0.4, 0.5) is 0 Å². The molecule has 8 heteroatoms. The minimum atomic E-state index is -3.53. The van der Waals surface area contributed by atoms with Gasteiger partial charge in [0.05, 0.1) is 6.54 Å². The molecule has 0 aliphatic carbocycles. The van der Waals surface area contributed by atoms with Gasteiger partial charge in [0.2, 0.25) is 5.91 Å². The number of likely N-dealkylation sites (N-methyl/N-ethyl adjacent to an activating group) is 1. The maximum atomic E-state index is 12.1. The van der Waals surface area contributed by atoms with E-state index in [9.17, 15) is 13.2 Å². The quantitative estimate of drug-likeness (QED) is 0.640. The van der Waals surface area contributed by atoms with Gasteiger partial charge in [0, 0.05) is 33.7 Å². The van der Waals surface area contributed by atoms with Gasteiger partial charge in [-0.1, -0.05) is 0 Å². The molecule has 0 unspecified atom stereocenters. The van der Waals surface area contributed by atoms with Crippen LogP contribution in [0.25, 0.3) is 0 Å². The van der Waals surface area contributed by atoms with Crippen LogP contribution in [0.5, 0.6) is 0 Å². The molecule has 0 saturated carbocycles. The lowest BCUT2D eigenvalue weighted by molar-refractivity contribution is -0.132. The molecule has 1 saturated heterocycles. The third-order valence-electron chi connectivity index (χ3n) is 2.82. The van der Waals surface area contributed by atoms with Crippen molar-refractivity contribution in [2.45, 2.75) is 6.42 Å². The molecule has 2 N–H and O–H groups in total. The lowest BCUT2D eigenvalue weighted by Crippen LogP contribution is -2.54. The highest BCUT2D eigenvalue weighted by molar-refractivity contribution is 7.86. The van der Waals surface area contributed by atoms with E-state index in [2.05, 4.69) is 0 Å². The van der Waals surface area contributed by atoms with Crippen LogP contribution in [-0.4, -0.2) is 74.7 Å². The van der Waals surface area contributed by atoms with E-state index in [0.717, 1.165) is 0 Å². The molecule has 1 aliphatic heterocycles. The maximum Gasteiger partial charge on any atom is 0.282 e. The summed E-state index contributed by atoms with van der Waals surface area (Å²) in [5.74, 6) is -0.174. The average Bonchev–Trinajstić information content (AvgIpc) is 2.29. The van der Waals surface area contributed by atoms with Gasteiger partial charge in [0.25, 0.3) is 10.2 Å². The van der Waals surface area contributed by atoms with Crippen molar-refractivity contribution < 1.29 is 13.2 Å². The summed E-state index contributed by atoms with van der Waals surface area (Å²) >= 11 is 0. The molecule has 1 fully saturated rings. The molecular weight excluding hydrogens is 244 g/mol. The molecule has 0 aromatic rings. The van der Waals surface area contributed by atoms with Crippen molar-refractivity contribution in [3.05, 3.63) is 0 Å². The van der Waals surface area contributed by atoms with Crippen LogP contribution in [0.3, 0.4) is 0 Å². The first kappa shape index (κ1) is 14.4. The predicted molar refractivity (Wildman–Crippen MR) is 64.4 cm³/mol. The molecule has 100 valence electrons. The summed E-state index contributed by atoms with van der Waals surface area (Å²) in [4.78, 5) is 13.0. The minimum Gasteiger partial charge on any atom is -0.343 e. The Morgan fingerprint density at radius 1 is 1.41 bits per heavy atom. The first-order chi connectivity index (χ1) is 7.89. The predicted octanol–water partition coefficient (Wildman–Crippen LogP) is -1.71. The average molecular weight is 264 g/mol. The third-order valence-corrected chi connectivity index (χ3v) is 4.75. The lowest BCUT2D eigenvalue weighted by Gasteiger charge is -2.33. The zero-order chi connectivity index (χ0) is 13.1. The molecule has 0 aromatic heterocycles. The third kappa shape index (κ3) is 3.38. The van der Waals surface area contributed by atoms with E-state index in [1.807, 2.05) is 0 Å². The first-order valence-corrected chi connectivity index (χ1v) is 6.94. The van der Waals surface area contributed by atoms with Crippen molar-refractivity contribution >= 4 is 16.1 Å². The highest BCUT2D eigenvalue weighted by Crippen LogP contribution is 2.10. The fourth-order valence-electron chi connectivity index (χ4n) is 1.56. The van der Waals surface area contributed by atoms with Crippen LogP contribution in [0.2, 0.25) is 0 Å². The van der Waals surface area contributed by atoms with Gasteiger partial charge in [-0.05, 0) is 13.0 Å². The van der Waals surface area contributed by atoms with E-state index in [1.165, 1.54) is 20.6 Å². The molecule has 0 atom stereocenters. The Labute approximate surface area is 102 Å². The van der Waals surface area contributed by atoms with E-state index in [4.69, 9.17) is 5.73 Å². The Balaban J connectivity index is 2.67. The number of nitrogens with zero attached hydrogens (tertiary/aromatic N) is 3. The molecule has 17 heavy (non-hydrogen) atoms. The summed E-state index contributed by atoms with van der Waals surface area (Å²) in [6, 6.07) is 0. The van der Waals surface area contributed by atoms with Crippen LogP contribution in [0.1, 0.15) is 6.42 Å². The number of carbonyl (C=O) groups excluding carboxylic acids is 1. The highest BCUT2D eigenvalue weighted by Gasteiger charge is 2.32. The number of carbonyl (C=O) groups is 1. The molecule has 0 bridgehead atoms. The molecule has 0 aromatic carbocycles. The van der Waals surface area contributed by atoms with E-state index in [-0.39, 0.29) is 12.5 Å². The van der Waals surface area contributed by atoms with Crippen LogP contribution >= 0.6 is 0 Å². The zero-order valence-corrected chi connectivity index (χ0v) is 11.1. The highest BCUT2D eigenvalue weighted by atomic mass is 32.2. The van der Waals surface area contributed by atoms with Crippen molar-refractivity contribution in [3.63, 3.8) is 0 Å². The van der Waals surface area contributed by atoms with Gasteiger partial charge in [-0.25, -0.2) is 0 Å². The molecule has 1 amide bonds. The van der Waals surface area contributed by atoms with E-state index >= 15 is 0 Å². The van der Waals surface area contributed by atoms with Gasteiger partial charge in [0.1, 0.15) is 0 Å². The second-order valence-corrected chi connectivity index (χ2v) is 6.16. The van der Waals surface area contributed by atoms with Crippen molar-refractivity contribution in [2.24, 2.45) is 5.73 Å². The molecule has 0 radical (unpaired) electrons. The number of nitrogens with two attached hydrogens (primary N) is 1. The van der Waals surface area contributed by atoms with Crippen LogP contribution < -0.4 is 5.73 Å². The normalized spacial score (nSPS) is 19.1. The zero-order valence-electron chi connectivity index (χ0n) is 10.3. The summed E-state index contributed by atoms with van der Waals surface area (Å²) in [6.45, 7) is 1.52. The monoisotopic (exact) mass is 264 g/mol. The van der Waals surface area contributed by atoms with Gasteiger partial charge in [-0.15, -0.1) is 0 Å². The van der Waals surface area contributed by atoms with Crippen molar-refractivity contribution in [1.29, 1.82) is 0 Å². The van der Waals surface area contributed by atoms with Crippen LogP contribution in [0.15, 0.2) is 0 Å². The van der Waals surface area contributed by atoms with Crippen LogP contribution in [0, 0.1) is 0 Å². The van der Waals surface area contributed by atoms with Gasteiger partial charge >= 0.3 is 0 Å². The summed E-state index contributed by atoms with van der Waals surface area (Å²) in [5, 5.41) is 0. The Kier molecular flexibility index (Phi) is 4.87. The first-order valence-electron chi connectivity index (χ1n) is 5.55. The van der Waals surface area contributed by atoms with Gasteiger partial charge in [-0.3, -0.25) is 4.79 Å². The summed E-state index contributed by atoms with van der Waals surface area (Å²) in [7, 11) is -0.348. The smallest absolute Gasteiger partial charge is 0.282 e. The van der Waals surface area contributed by atoms with Crippen molar-refractivity contribution in [2.75, 3.05) is 46.8 Å². The topological polar surface area (TPSA) is 87.0 Å². The number of hydrogen-bond acceptors (Lipinski definition) is 4. The largest absolute Gasteiger partial charge is 0.343 e. The molecule has 1 aliphatic rings. The molecule has 0 spiro atoms. The molecule has 1 heterocycles. The molecule has 7 nitrogen and oxygen atoms in total. The van der Waals surface area contributed by atoms with Crippen molar-refractivity contribution in [3.8, 4) is 0 Å². The number of rotatable bonds is 5. The molecular formula is C9H20N4O3S. The second kappa shape index (κ2) is 5.76. The SMILES string of the molecule is CN1CCN(S(=O)(=O)N(C)CCCN)CC1=O.